The van der Waals surface area contributed by atoms with Crippen LogP contribution in [0.2, 0.25) is 0 Å². The minimum Gasteiger partial charge on any atom is -0.445 e. The Morgan fingerprint density at radius 3 is 2.67 bits per heavy atom. The summed E-state index contributed by atoms with van der Waals surface area (Å²) in [7, 11) is 1.65. The maximum absolute atomic E-state index is 11.3. The molecule has 0 fully saturated rings. The van der Waals surface area contributed by atoms with Crippen molar-refractivity contribution in [2.24, 2.45) is 0 Å². The summed E-state index contributed by atoms with van der Waals surface area (Å²) in [4.78, 5) is 11.3. The maximum Gasteiger partial charge on any atom is 0.407 e. The second kappa shape index (κ2) is 9.44. The van der Waals surface area contributed by atoms with Gasteiger partial charge in [-0.25, -0.2) is 4.79 Å². The van der Waals surface area contributed by atoms with Gasteiger partial charge in [-0.3, -0.25) is 0 Å². The first-order chi connectivity index (χ1) is 8.83. The monoisotopic (exact) mass is 252 g/mol. The first-order valence-electron chi connectivity index (χ1n) is 5.97. The predicted octanol–water partition coefficient (Wildman–Crippen LogP) is 1.15. The molecule has 1 amide bonds. The normalized spacial score (nSPS) is 10.1. The molecule has 1 aromatic carbocycles. The molecule has 5 nitrogen and oxygen atoms in total. The molecule has 18 heavy (non-hydrogen) atoms. The van der Waals surface area contributed by atoms with Gasteiger partial charge in [0.15, 0.2) is 0 Å². The van der Waals surface area contributed by atoms with Gasteiger partial charge < -0.3 is 20.1 Å². The fourth-order valence-corrected chi connectivity index (χ4v) is 1.33. The molecule has 1 rings (SSSR count). The van der Waals surface area contributed by atoms with Gasteiger partial charge in [0, 0.05) is 26.7 Å². The van der Waals surface area contributed by atoms with Gasteiger partial charge in [0.2, 0.25) is 0 Å². The number of benzene rings is 1. The van der Waals surface area contributed by atoms with Crippen molar-refractivity contribution in [2.45, 2.75) is 6.61 Å². The van der Waals surface area contributed by atoms with Crippen LogP contribution < -0.4 is 10.6 Å². The lowest BCUT2D eigenvalue weighted by molar-refractivity contribution is 0.139. The fourth-order valence-electron chi connectivity index (χ4n) is 1.33. The number of nitrogens with one attached hydrogen (secondary N) is 2. The van der Waals surface area contributed by atoms with Gasteiger partial charge in [-0.05, 0) is 5.56 Å². The van der Waals surface area contributed by atoms with Gasteiger partial charge in [0.25, 0.3) is 0 Å². The van der Waals surface area contributed by atoms with Crippen molar-refractivity contribution in [3.63, 3.8) is 0 Å². The number of amides is 1. The molecule has 0 spiro atoms. The van der Waals surface area contributed by atoms with Crippen LogP contribution in [0.5, 0.6) is 0 Å². The molecule has 0 bridgehead atoms. The van der Waals surface area contributed by atoms with Crippen LogP contribution >= 0.6 is 0 Å². The van der Waals surface area contributed by atoms with Crippen molar-refractivity contribution in [2.75, 3.05) is 33.4 Å². The maximum atomic E-state index is 11.3. The van der Waals surface area contributed by atoms with E-state index in [9.17, 15) is 4.79 Å². The Kier molecular flexibility index (Phi) is 7.59. The minimum atomic E-state index is -0.396. The summed E-state index contributed by atoms with van der Waals surface area (Å²) >= 11 is 0. The molecule has 0 aliphatic carbocycles. The number of rotatable bonds is 8. The Morgan fingerprint density at radius 2 is 1.94 bits per heavy atom. The van der Waals surface area contributed by atoms with Crippen molar-refractivity contribution in [3.8, 4) is 0 Å². The van der Waals surface area contributed by atoms with Crippen molar-refractivity contribution in [3.05, 3.63) is 35.9 Å². The Bertz CT molecular complexity index is 330. The Morgan fingerprint density at radius 1 is 1.17 bits per heavy atom. The van der Waals surface area contributed by atoms with E-state index < -0.39 is 6.09 Å². The lowest BCUT2D eigenvalue weighted by atomic mass is 10.2. The van der Waals surface area contributed by atoms with Gasteiger partial charge in [0.1, 0.15) is 6.61 Å². The van der Waals surface area contributed by atoms with E-state index in [2.05, 4.69) is 10.6 Å². The topological polar surface area (TPSA) is 59.6 Å². The van der Waals surface area contributed by atoms with Gasteiger partial charge in [-0.1, -0.05) is 30.3 Å². The first-order valence-corrected chi connectivity index (χ1v) is 5.97. The molecule has 5 heteroatoms. The number of alkyl carbamates (subject to hydrolysis) is 1. The number of carbonyl (C=O) groups excluding carboxylic acids is 1. The molecule has 0 saturated carbocycles. The molecule has 0 atom stereocenters. The van der Waals surface area contributed by atoms with Crippen LogP contribution in [0.1, 0.15) is 5.56 Å². The summed E-state index contributed by atoms with van der Waals surface area (Å²) in [5, 5.41) is 5.79. The molecule has 100 valence electrons. The van der Waals surface area contributed by atoms with E-state index in [1.807, 2.05) is 30.3 Å². The first kappa shape index (κ1) is 14.5. The molecule has 0 aromatic heterocycles. The van der Waals surface area contributed by atoms with E-state index in [4.69, 9.17) is 9.47 Å². The highest BCUT2D eigenvalue weighted by Gasteiger charge is 2.00. The highest BCUT2D eigenvalue weighted by Crippen LogP contribution is 2.00. The summed E-state index contributed by atoms with van der Waals surface area (Å²) in [6.07, 6.45) is -0.396. The van der Waals surface area contributed by atoms with E-state index in [1.165, 1.54) is 0 Å². The molecule has 0 heterocycles. The van der Waals surface area contributed by atoms with Crippen molar-refractivity contribution >= 4 is 6.09 Å². The number of hydrogen-bond donors (Lipinski definition) is 2. The molecular weight excluding hydrogens is 232 g/mol. The van der Waals surface area contributed by atoms with Gasteiger partial charge >= 0.3 is 6.09 Å². The lowest BCUT2D eigenvalue weighted by Crippen LogP contribution is -2.33. The van der Waals surface area contributed by atoms with Crippen LogP contribution in [0.15, 0.2) is 30.3 Å². The van der Waals surface area contributed by atoms with Gasteiger partial charge in [0.05, 0.1) is 6.61 Å². The predicted molar refractivity (Wildman–Crippen MR) is 69.4 cm³/mol. The molecule has 0 aliphatic heterocycles. The molecule has 0 unspecified atom stereocenters. The minimum absolute atomic E-state index is 0.295. The number of carbonyl (C=O) groups is 1. The van der Waals surface area contributed by atoms with Gasteiger partial charge in [-0.15, -0.1) is 0 Å². The van der Waals surface area contributed by atoms with Crippen LogP contribution in [0.4, 0.5) is 4.79 Å². The summed E-state index contributed by atoms with van der Waals surface area (Å²) in [5.74, 6) is 0. The molecular formula is C13H20N2O3. The number of hydrogen-bond acceptors (Lipinski definition) is 4. The largest absolute Gasteiger partial charge is 0.445 e. The summed E-state index contributed by atoms with van der Waals surface area (Å²) in [6.45, 7) is 2.97. The second-order valence-electron chi connectivity index (χ2n) is 3.73. The van der Waals surface area contributed by atoms with Crippen molar-refractivity contribution < 1.29 is 14.3 Å². The third kappa shape index (κ3) is 6.88. The van der Waals surface area contributed by atoms with E-state index in [0.717, 1.165) is 12.1 Å². The zero-order valence-electron chi connectivity index (χ0n) is 10.6. The molecule has 2 N–H and O–H groups in total. The van der Waals surface area contributed by atoms with E-state index in [-0.39, 0.29) is 0 Å². The van der Waals surface area contributed by atoms with Crippen molar-refractivity contribution in [1.29, 1.82) is 0 Å². The highest BCUT2D eigenvalue weighted by molar-refractivity contribution is 5.67. The summed E-state index contributed by atoms with van der Waals surface area (Å²) in [6, 6.07) is 9.58. The third-order valence-corrected chi connectivity index (χ3v) is 2.27. The molecule has 0 saturated heterocycles. The van der Waals surface area contributed by atoms with E-state index in [0.29, 0.717) is 26.3 Å². The highest BCUT2D eigenvalue weighted by atomic mass is 16.5. The Hall–Kier alpha value is -1.59. The van der Waals surface area contributed by atoms with Gasteiger partial charge in [-0.2, -0.15) is 0 Å². The zero-order chi connectivity index (χ0) is 13.1. The van der Waals surface area contributed by atoms with Crippen LogP contribution in [0.25, 0.3) is 0 Å². The smallest absolute Gasteiger partial charge is 0.407 e. The number of methoxy groups -OCH3 is 1. The summed E-state index contributed by atoms with van der Waals surface area (Å²) < 4.78 is 9.94. The second-order valence-corrected chi connectivity index (χ2v) is 3.73. The van der Waals surface area contributed by atoms with Crippen LogP contribution in [0.3, 0.4) is 0 Å². The van der Waals surface area contributed by atoms with E-state index >= 15 is 0 Å². The molecule has 0 radical (unpaired) electrons. The SMILES string of the molecule is COCCNCCNC(=O)OCc1ccccc1. The quantitative estimate of drug-likeness (QED) is 0.681. The Balaban J connectivity index is 2.01. The Labute approximate surface area is 107 Å². The average molecular weight is 252 g/mol. The standard InChI is InChI=1S/C13H20N2O3/c1-17-10-9-14-7-8-15-13(16)18-11-12-5-3-2-4-6-12/h2-6,14H,7-11H2,1H3,(H,15,16). The van der Waals surface area contributed by atoms with Crippen LogP contribution in [-0.2, 0) is 16.1 Å². The van der Waals surface area contributed by atoms with Crippen LogP contribution in [0, 0.1) is 0 Å². The van der Waals surface area contributed by atoms with Crippen LogP contribution in [-0.4, -0.2) is 39.4 Å². The fraction of sp³-hybridized carbons (Fsp3) is 0.462. The van der Waals surface area contributed by atoms with Crippen molar-refractivity contribution in [1.82, 2.24) is 10.6 Å². The molecule has 1 aromatic rings. The average Bonchev–Trinajstić information content (AvgIpc) is 2.41. The third-order valence-electron chi connectivity index (χ3n) is 2.27. The number of ether oxygens (including phenoxy) is 2. The lowest BCUT2D eigenvalue weighted by Gasteiger charge is -2.07. The summed E-state index contributed by atoms with van der Waals surface area (Å²) in [5.41, 5.74) is 0.978. The zero-order valence-corrected chi connectivity index (χ0v) is 10.6. The van der Waals surface area contributed by atoms with E-state index in [1.54, 1.807) is 7.11 Å². The molecule has 0 aliphatic rings.